The number of hydrogen-bond donors (Lipinski definition) is 2. The number of benzene rings is 1. The number of phenolic OH excluding ortho intramolecular Hbond substituents is 1. The van der Waals surface area contributed by atoms with E-state index in [-0.39, 0.29) is 22.7 Å². The molecule has 98 valence electrons. The number of rotatable bonds is 2. The fraction of sp³-hybridized carbons (Fsp3) is 0.462. The summed E-state index contributed by atoms with van der Waals surface area (Å²) in [6.45, 7) is 3.38. The third-order valence-corrected chi connectivity index (χ3v) is 3.75. The first-order valence-corrected chi connectivity index (χ1v) is 6.40. The highest BCUT2D eigenvalue weighted by atomic mass is 35.5. The predicted molar refractivity (Wildman–Crippen MR) is 70.8 cm³/mol. The van der Waals surface area contributed by atoms with Gasteiger partial charge in [0.15, 0.2) is 0 Å². The van der Waals surface area contributed by atoms with Crippen LogP contribution in [0.4, 0.5) is 0 Å². The lowest BCUT2D eigenvalue weighted by atomic mass is 10.0. The standard InChI is InChI=1S/C13H17ClN2O2/c1-8(15)10-4-5-16(7-10)13(18)9-2-3-12(17)11(14)6-9/h2-3,6,8,10,17H,4-5,7,15H2,1H3. The van der Waals surface area contributed by atoms with E-state index in [1.165, 1.54) is 12.1 Å². The molecule has 3 N–H and O–H groups in total. The molecule has 0 bridgehead atoms. The summed E-state index contributed by atoms with van der Waals surface area (Å²) in [5.41, 5.74) is 6.35. The summed E-state index contributed by atoms with van der Waals surface area (Å²) >= 11 is 5.80. The number of amides is 1. The van der Waals surface area contributed by atoms with Crippen molar-refractivity contribution < 1.29 is 9.90 Å². The Labute approximate surface area is 111 Å². The van der Waals surface area contributed by atoms with E-state index in [0.717, 1.165) is 13.0 Å². The number of nitrogens with two attached hydrogens (primary N) is 1. The molecule has 2 rings (SSSR count). The zero-order valence-electron chi connectivity index (χ0n) is 10.3. The fourth-order valence-electron chi connectivity index (χ4n) is 2.22. The number of carbonyl (C=O) groups excluding carboxylic acids is 1. The molecule has 4 nitrogen and oxygen atoms in total. The third kappa shape index (κ3) is 2.60. The maximum atomic E-state index is 12.2. The molecule has 1 aromatic rings. The van der Waals surface area contributed by atoms with Crippen LogP contribution in [-0.2, 0) is 0 Å². The number of nitrogens with zero attached hydrogens (tertiary/aromatic N) is 1. The Bertz CT molecular complexity index is 462. The van der Waals surface area contributed by atoms with Crippen molar-refractivity contribution in [3.63, 3.8) is 0 Å². The van der Waals surface area contributed by atoms with Gasteiger partial charge in [0, 0.05) is 24.7 Å². The van der Waals surface area contributed by atoms with Crippen molar-refractivity contribution in [1.29, 1.82) is 0 Å². The Kier molecular flexibility index (Phi) is 3.78. The lowest BCUT2D eigenvalue weighted by molar-refractivity contribution is 0.0786. The minimum absolute atomic E-state index is 0.0110. The summed E-state index contributed by atoms with van der Waals surface area (Å²) in [6, 6.07) is 4.63. The smallest absolute Gasteiger partial charge is 0.253 e. The van der Waals surface area contributed by atoms with E-state index >= 15 is 0 Å². The van der Waals surface area contributed by atoms with Gasteiger partial charge in [-0.2, -0.15) is 0 Å². The fourth-order valence-corrected chi connectivity index (χ4v) is 2.40. The molecule has 2 unspecified atom stereocenters. The minimum atomic E-state index is -0.0555. The number of carbonyl (C=O) groups is 1. The second-order valence-electron chi connectivity index (χ2n) is 4.83. The van der Waals surface area contributed by atoms with E-state index in [9.17, 15) is 9.90 Å². The molecule has 5 heteroatoms. The molecule has 1 fully saturated rings. The minimum Gasteiger partial charge on any atom is -0.506 e. The van der Waals surface area contributed by atoms with Crippen molar-refractivity contribution in [2.45, 2.75) is 19.4 Å². The summed E-state index contributed by atoms with van der Waals surface area (Å²) in [7, 11) is 0. The molecule has 18 heavy (non-hydrogen) atoms. The lowest BCUT2D eigenvalue weighted by Gasteiger charge is -2.18. The van der Waals surface area contributed by atoms with Crippen LogP contribution in [0.2, 0.25) is 5.02 Å². The van der Waals surface area contributed by atoms with Gasteiger partial charge in [-0.3, -0.25) is 4.79 Å². The normalized spacial score (nSPS) is 21.1. The molecule has 1 amide bonds. The Hall–Kier alpha value is -1.26. The van der Waals surface area contributed by atoms with Crippen LogP contribution in [0, 0.1) is 5.92 Å². The van der Waals surface area contributed by atoms with Gasteiger partial charge in [0.25, 0.3) is 5.91 Å². The van der Waals surface area contributed by atoms with Crippen LogP contribution in [0.15, 0.2) is 18.2 Å². The van der Waals surface area contributed by atoms with Crippen LogP contribution >= 0.6 is 11.6 Å². The molecule has 0 spiro atoms. The average Bonchev–Trinajstić information content (AvgIpc) is 2.81. The number of likely N-dealkylation sites (tertiary alicyclic amines) is 1. The van der Waals surface area contributed by atoms with E-state index in [1.54, 1.807) is 11.0 Å². The van der Waals surface area contributed by atoms with Crippen molar-refractivity contribution in [2.24, 2.45) is 11.7 Å². The van der Waals surface area contributed by atoms with Crippen molar-refractivity contribution in [2.75, 3.05) is 13.1 Å². The maximum absolute atomic E-state index is 12.2. The highest BCUT2D eigenvalue weighted by molar-refractivity contribution is 6.32. The summed E-state index contributed by atoms with van der Waals surface area (Å²) in [5, 5.41) is 9.53. The second kappa shape index (κ2) is 5.16. The molecule has 2 atom stereocenters. The molecular weight excluding hydrogens is 252 g/mol. The van der Waals surface area contributed by atoms with Gasteiger partial charge in [-0.25, -0.2) is 0 Å². The third-order valence-electron chi connectivity index (χ3n) is 3.45. The van der Waals surface area contributed by atoms with Crippen molar-refractivity contribution >= 4 is 17.5 Å². The number of hydrogen-bond acceptors (Lipinski definition) is 3. The van der Waals surface area contributed by atoms with Crippen molar-refractivity contribution in [3.8, 4) is 5.75 Å². The maximum Gasteiger partial charge on any atom is 0.253 e. The first kappa shape index (κ1) is 13.2. The topological polar surface area (TPSA) is 66.6 Å². The van der Waals surface area contributed by atoms with Crippen LogP contribution in [0.25, 0.3) is 0 Å². The van der Waals surface area contributed by atoms with Crippen LogP contribution in [-0.4, -0.2) is 35.0 Å². The first-order valence-electron chi connectivity index (χ1n) is 6.02. The van der Waals surface area contributed by atoms with Crippen LogP contribution in [0.1, 0.15) is 23.7 Å². The number of halogens is 1. The van der Waals surface area contributed by atoms with Gasteiger partial charge >= 0.3 is 0 Å². The van der Waals surface area contributed by atoms with Crippen LogP contribution in [0.3, 0.4) is 0 Å². The van der Waals surface area contributed by atoms with E-state index in [1.807, 2.05) is 6.92 Å². The molecule has 0 aromatic heterocycles. The number of phenols is 1. The highest BCUT2D eigenvalue weighted by Crippen LogP contribution is 2.26. The van der Waals surface area contributed by atoms with Crippen LogP contribution in [0.5, 0.6) is 5.75 Å². The monoisotopic (exact) mass is 268 g/mol. The van der Waals surface area contributed by atoms with Crippen molar-refractivity contribution in [1.82, 2.24) is 4.90 Å². The van der Waals surface area contributed by atoms with Gasteiger partial charge in [0.1, 0.15) is 5.75 Å². The lowest BCUT2D eigenvalue weighted by Crippen LogP contribution is -2.32. The van der Waals surface area contributed by atoms with E-state index in [0.29, 0.717) is 18.0 Å². The summed E-state index contributed by atoms with van der Waals surface area (Å²) < 4.78 is 0. The quantitative estimate of drug-likeness (QED) is 0.860. The van der Waals surface area contributed by atoms with E-state index in [2.05, 4.69) is 0 Å². The molecule has 1 heterocycles. The molecular formula is C13H17ClN2O2. The molecule has 1 aliphatic heterocycles. The SMILES string of the molecule is CC(N)C1CCN(C(=O)c2ccc(O)c(Cl)c2)C1. The Morgan fingerprint density at radius 1 is 1.61 bits per heavy atom. The molecule has 1 aromatic carbocycles. The second-order valence-corrected chi connectivity index (χ2v) is 5.23. The zero-order chi connectivity index (χ0) is 13.3. The van der Waals surface area contributed by atoms with Crippen molar-refractivity contribution in [3.05, 3.63) is 28.8 Å². The van der Waals surface area contributed by atoms with Gasteiger partial charge in [-0.15, -0.1) is 0 Å². The first-order chi connectivity index (χ1) is 8.49. The summed E-state index contributed by atoms with van der Waals surface area (Å²) in [6.07, 6.45) is 0.940. The van der Waals surface area contributed by atoms with Gasteiger partial charge in [0.2, 0.25) is 0 Å². The molecule has 1 aliphatic rings. The largest absolute Gasteiger partial charge is 0.506 e. The van der Waals surface area contributed by atoms with Gasteiger partial charge in [-0.05, 0) is 37.5 Å². The zero-order valence-corrected chi connectivity index (χ0v) is 11.0. The van der Waals surface area contributed by atoms with Gasteiger partial charge in [-0.1, -0.05) is 11.6 Å². The Balaban J connectivity index is 2.10. The van der Waals surface area contributed by atoms with E-state index < -0.39 is 0 Å². The molecule has 1 saturated heterocycles. The average molecular weight is 269 g/mol. The summed E-state index contributed by atoms with van der Waals surface area (Å²) in [4.78, 5) is 14.0. The number of aromatic hydroxyl groups is 1. The predicted octanol–water partition coefficient (Wildman–Crippen LogP) is 1.85. The Morgan fingerprint density at radius 2 is 2.33 bits per heavy atom. The summed E-state index contributed by atoms with van der Waals surface area (Å²) in [5.74, 6) is 0.296. The van der Waals surface area contributed by atoms with E-state index in [4.69, 9.17) is 17.3 Å². The molecule has 0 aliphatic carbocycles. The van der Waals surface area contributed by atoms with Gasteiger partial charge < -0.3 is 15.7 Å². The Morgan fingerprint density at radius 3 is 2.89 bits per heavy atom. The van der Waals surface area contributed by atoms with Crippen LogP contribution < -0.4 is 5.73 Å². The highest BCUT2D eigenvalue weighted by Gasteiger charge is 2.29. The van der Waals surface area contributed by atoms with Gasteiger partial charge in [0.05, 0.1) is 5.02 Å². The molecule has 0 saturated carbocycles. The molecule has 0 radical (unpaired) electrons.